The van der Waals surface area contributed by atoms with Crippen LogP contribution in [0.15, 0.2) is 40.8 Å². The third-order valence-corrected chi connectivity index (χ3v) is 2.84. The first-order chi connectivity index (χ1) is 10.0. The van der Waals surface area contributed by atoms with Crippen molar-refractivity contribution < 1.29 is 14.0 Å². The zero-order chi connectivity index (χ0) is 15.2. The highest BCUT2D eigenvalue weighted by atomic mass is 16.3. The summed E-state index contributed by atoms with van der Waals surface area (Å²) in [6.45, 7) is 2.03. The van der Waals surface area contributed by atoms with Gasteiger partial charge in [-0.25, -0.2) is 0 Å². The summed E-state index contributed by atoms with van der Waals surface area (Å²) in [4.78, 5) is 23.4. The van der Waals surface area contributed by atoms with E-state index in [1.807, 2.05) is 13.0 Å². The Balaban J connectivity index is 1.75. The number of nitrogens with one attached hydrogen (secondary N) is 2. The lowest BCUT2D eigenvalue weighted by molar-refractivity contribution is -0.120. The number of hydrogen-bond acceptors (Lipinski definition) is 4. The third-order valence-electron chi connectivity index (χ3n) is 2.84. The lowest BCUT2D eigenvalue weighted by Gasteiger charge is -2.06. The van der Waals surface area contributed by atoms with Gasteiger partial charge in [-0.1, -0.05) is 0 Å². The van der Waals surface area contributed by atoms with Crippen LogP contribution in [0, 0.1) is 6.92 Å². The molecule has 1 aromatic carbocycles. The number of carbonyl (C=O) groups excluding carboxylic acids is 2. The summed E-state index contributed by atoms with van der Waals surface area (Å²) in [5, 5.41) is 5.20. The maximum absolute atomic E-state index is 11.8. The second-order valence-corrected chi connectivity index (χ2v) is 4.59. The van der Waals surface area contributed by atoms with Crippen LogP contribution in [0.3, 0.4) is 0 Å². The first-order valence-electron chi connectivity index (χ1n) is 6.50. The van der Waals surface area contributed by atoms with E-state index in [4.69, 9.17) is 10.2 Å². The van der Waals surface area contributed by atoms with Gasteiger partial charge in [-0.05, 0) is 43.3 Å². The van der Waals surface area contributed by atoms with Crippen molar-refractivity contribution in [3.8, 4) is 0 Å². The molecule has 0 saturated heterocycles. The summed E-state index contributed by atoms with van der Waals surface area (Å²) in [5.74, 6) is 0.855. The number of rotatable bonds is 5. The molecule has 6 nitrogen and oxygen atoms in total. The predicted molar refractivity (Wildman–Crippen MR) is 78.5 cm³/mol. The molecule has 1 heterocycles. The molecule has 0 bridgehead atoms. The minimum absolute atomic E-state index is 0.0943. The molecule has 0 saturated carbocycles. The molecule has 0 aliphatic carbocycles. The van der Waals surface area contributed by atoms with E-state index in [1.165, 1.54) is 0 Å². The summed E-state index contributed by atoms with van der Waals surface area (Å²) < 4.78 is 5.33. The van der Waals surface area contributed by atoms with Gasteiger partial charge in [0.05, 0.1) is 13.1 Å². The molecule has 4 N–H and O–H groups in total. The Morgan fingerprint density at radius 1 is 1.10 bits per heavy atom. The van der Waals surface area contributed by atoms with E-state index >= 15 is 0 Å². The number of aryl methyl sites for hydroxylation is 1. The zero-order valence-corrected chi connectivity index (χ0v) is 11.7. The van der Waals surface area contributed by atoms with Crippen LogP contribution in [0.4, 0.5) is 5.69 Å². The fourth-order valence-electron chi connectivity index (χ4n) is 1.73. The molecular weight excluding hydrogens is 270 g/mol. The van der Waals surface area contributed by atoms with Crippen LogP contribution in [0.1, 0.15) is 21.9 Å². The van der Waals surface area contributed by atoms with Crippen LogP contribution in [0.25, 0.3) is 0 Å². The number of benzene rings is 1. The molecule has 2 rings (SSSR count). The van der Waals surface area contributed by atoms with E-state index in [-0.39, 0.29) is 18.4 Å². The van der Waals surface area contributed by atoms with Gasteiger partial charge >= 0.3 is 0 Å². The van der Waals surface area contributed by atoms with Crippen molar-refractivity contribution >= 4 is 17.5 Å². The van der Waals surface area contributed by atoms with Crippen LogP contribution in [0.5, 0.6) is 0 Å². The molecule has 0 atom stereocenters. The summed E-state index contributed by atoms with van der Waals surface area (Å²) in [7, 11) is 0. The van der Waals surface area contributed by atoms with Gasteiger partial charge in [-0.2, -0.15) is 0 Å². The van der Waals surface area contributed by atoms with Gasteiger partial charge in [0.25, 0.3) is 5.91 Å². The largest absolute Gasteiger partial charge is 0.465 e. The van der Waals surface area contributed by atoms with Gasteiger partial charge in [0, 0.05) is 11.3 Å². The highest BCUT2D eigenvalue weighted by Crippen LogP contribution is 2.06. The van der Waals surface area contributed by atoms with Crippen molar-refractivity contribution in [3.05, 3.63) is 53.5 Å². The molecule has 21 heavy (non-hydrogen) atoms. The Kier molecular flexibility index (Phi) is 4.61. The Hall–Kier alpha value is -2.76. The van der Waals surface area contributed by atoms with Gasteiger partial charge in [0.1, 0.15) is 11.5 Å². The van der Waals surface area contributed by atoms with Crippen molar-refractivity contribution in [1.29, 1.82) is 0 Å². The van der Waals surface area contributed by atoms with Crippen molar-refractivity contribution in [2.24, 2.45) is 0 Å². The van der Waals surface area contributed by atoms with E-state index in [1.54, 1.807) is 30.3 Å². The predicted octanol–water partition coefficient (Wildman–Crippen LogP) is 1.22. The Morgan fingerprint density at radius 2 is 1.81 bits per heavy atom. The lowest BCUT2D eigenvalue weighted by atomic mass is 10.2. The van der Waals surface area contributed by atoms with E-state index < -0.39 is 0 Å². The van der Waals surface area contributed by atoms with Crippen LogP contribution in [-0.2, 0) is 11.3 Å². The molecule has 1 aromatic heterocycles. The molecule has 0 aliphatic heterocycles. The van der Waals surface area contributed by atoms with Gasteiger partial charge in [-0.15, -0.1) is 0 Å². The minimum atomic E-state index is -0.320. The number of nitrogen functional groups attached to an aromatic ring is 1. The number of furan rings is 1. The Bertz CT molecular complexity index is 632. The minimum Gasteiger partial charge on any atom is -0.465 e. The standard InChI is InChI=1S/C15H17N3O3/c1-10-2-7-13(21-10)8-17-14(19)9-18-15(20)11-3-5-12(16)6-4-11/h2-7H,8-9,16H2,1H3,(H,17,19)(H,18,20). The van der Waals surface area contributed by atoms with E-state index in [0.717, 1.165) is 5.76 Å². The normalized spacial score (nSPS) is 10.1. The molecule has 0 radical (unpaired) electrons. The molecule has 0 unspecified atom stereocenters. The highest BCUT2D eigenvalue weighted by molar-refractivity contribution is 5.96. The van der Waals surface area contributed by atoms with Crippen LogP contribution in [-0.4, -0.2) is 18.4 Å². The number of hydrogen-bond donors (Lipinski definition) is 3. The van der Waals surface area contributed by atoms with Crippen LogP contribution >= 0.6 is 0 Å². The average Bonchev–Trinajstić information content (AvgIpc) is 2.89. The lowest BCUT2D eigenvalue weighted by Crippen LogP contribution is -2.36. The van der Waals surface area contributed by atoms with Crippen molar-refractivity contribution in [2.75, 3.05) is 12.3 Å². The summed E-state index contributed by atoms with van der Waals surface area (Å²) in [6, 6.07) is 10.1. The van der Waals surface area contributed by atoms with Gasteiger partial charge in [0.2, 0.25) is 5.91 Å². The number of carbonyl (C=O) groups is 2. The second kappa shape index (κ2) is 6.60. The first kappa shape index (κ1) is 14.6. The van der Waals surface area contributed by atoms with Crippen LogP contribution in [0.2, 0.25) is 0 Å². The van der Waals surface area contributed by atoms with Gasteiger partial charge in [-0.3, -0.25) is 9.59 Å². The topological polar surface area (TPSA) is 97.4 Å². The van der Waals surface area contributed by atoms with E-state index in [9.17, 15) is 9.59 Å². The van der Waals surface area contributed by atoms with Crippen LogP contribution < -0.4 is 16.4 Å². The quantitative estimate of drug-likeness (QED) is 0.720. The van der Waals surface area contributed by atoms with Crippen molar-refractivity contribution in [1.82, 2.24) is 10.6 Å². The summed E-state index contributed by atoms with van der Waals surface area (Å²) >= 11 is 0. The zero-order valence-electron chi connectivity index (χ0n) is 11.7. The van der Waals surface area contributed by atoms with Crippen molar-refractivity contribution in [2.45, 2.75) is 13.5 Å². The first-order valence-corrected chi connectivity index (χ1v) is 6.50. The molecule has 110 valence electrons. The SMILES string of the molecule is Cc1ccc(CNC(=O)CNC(=O)c2ccc(N)cc2)o1. The number of anilines is 1. The fraction of sp³-hybridized carbons (Fsp3) is 0.200. The molecule has 6 heteroatoms. The van der Waals surface area contributed by atoms with Gasteiger partial charge in [0.15, 0.2) is 0 Å². The third kappa shape index (κ3) is 4.38. The number of amides is 2. The molecule has 0 spiro atoms. The Labute approximate surface area is 122 Å². The molecular formula is C15H17N3O3. The summed E-state index contributed by atoms with van der Waals surface area (Å²) in [5.41, 5.74) is 6.58. The second-order valence-electron chi connectivity index (χ2n) is 4.59. The number of nitrogens with two attached hydrogens (primary N) is 1. The smallest absolute Gasteiger partial charge is 0.251 e. The maximum atomic E-state index is 11.8. The summed E-state index contributed by atoms with van der Waals surface area (Å²) in [6.07, 6.45) is 0. The van der Waals surface area contributed by atoms with E-state index in [0.29, 0.717) is 23.6 Å². The maximum Gasteiger partial charge on any atom is 0.251 e. The fourth-order valence-corrected chi connectivity index (χ4v) is 1.73. The molecule has 2 amide bonds. The van der Waals surface area contributed by atoms with Crippen molar-refractivity contribution in [3.63, 3.8) is 0 Å². The average molecular weight is 287 g/mol. The van der Waals surface area contributed by atoms with E-state index in [2.05, 4.69) is 10.6 Å². The monoisotopic (exact) mass is 287 g/mol. The highest BCUT2D eigenvalue weighted by Gasteiger charge is 2.08. The molecule has 2 aromatic rings. The Morgan fingerprint density at radius 3 is 2.43 bits per heavy atom. The molecule has 0 fully saturated rings. The van der Waals surface area contributed by atoms with Gasteiger partial charge < -0.3 is 20.8 Å². The molecule has 0 aliphatic rings.